The Kier molecular flexibility index (Phi) is 5.52. The van der Waals surface area contributed by atoms with Crippen LogP contribution in [0.3, 0.4) is 0 Å². The molecule has 0 aromatic heterocycles. The van der Waals surface area contributed by atoms with E-state index >= 15 is 0 Å². The lowest BCUT2D eigenvalue weighted by Crippen LogP contribution is -2.41. The van der Waals surface area contributed by atoms with Crippen molar-refractivity contribution in [1.29, 1.82) is 0 Å². The van der Waals surface area contributed by atoms with Gasteiger partial charge in [0, 0.05) is 34.6 Å². The van der Waals surface area contributed by atoms with Gasteiger partial charge in [-0.05, 0) is 61.1 Å². The molecule has 40 heavy (non-hydrogen) atoms. The summed E-state index contributed by atoms with van der Waals surface area (Å²) in [6.07, 6.45) is 6.11. The van der Waals surface area contributed by atoms with E-state index in [0.29, 0.717) is 35.3 Å². The van der Waals surface area contributed by atoms with Crippen molar-refractivity contribution >= 4 is 23.4 Å². The van der Waals surface area contributed by atoms with Crippen LogP contribution in [0.15, 0.2) is 94.8 Å². The summed E-state index contributed by atoms with van der Waals surface area (Å²) < 4.78 is 5.93. The SMILES string of the molecule is CC1=CC(=O)C2=C(CC3C(=CCC4C(=O)N(Cc5ccccc5)C(=O)C43)C2C2=COc3ccc(O)cc3C2)C1=O. The van der Waals surface area contributed by atoms with Gasteiger partial charge in [-0.25, -0.2) is 0 Å². The van der Waals surface area contributed by atoms with Crippen molar-refractivity contribution in [1.82, 2.24) is 4.90 Å². The van der Waals surface area contributed by atoms with Gasteiger partial charge in [0.15, 0.2) is 11.6 Å². The first kappa shape index (κ1) is 24.5. The molecule has 2 aromatic rings. The highest BCUT2D eigenvalue weighted by atomic mass is 16.5. The number of imide groups is 1. The van der Waals surface area contributed by atoms with Gasteiger partial charge in [-0.2, -0.15) is 0 Å². The van der Waals surface area contributed by atoms with Crippen LogP contribution in [0.2, 0.25) is 0 Å². The van der Waals surface area contributed by atoms with Crippen LogP contribution in [0.4, 0.5) is 0 Å². The minimum Gasteiger partial charge on any atom is -0.508 e. The van der Waals surface area contributed by atoms with Gasteiger partial charge in [0.2, 0.25) is 11.8 Å². The van der Waals surface area contributed by atoms with E-state index in [1.807, 2.05) is 36.4 Å². The Balaban J connectivity index is 1.30. The number of Topliss-reactive ketones (excluding diaryl/α,β-unsaturated/α-hetero) is 1. The van der Waals surface area contributed by atoms with Crippen LogP contribution in [-0.2, 0) is 32.1 Å². The van der Waals surface area contributed by atoms with Gasteiger partial charge >= 0.3 is 0 Å². The second-order valence-corrected chi connectivity index (χ2v) is 11.3. The van der Waals surface area contributed by atoms with Crippen molar-refractivity contribution in [3.8, 4) is 11.5 Å². The fraction of sp³-hybridized carbons (Fsp3) is 0.273. The summed E-state index contributed by atoms with van der Waals surface area (Å²) in [5, 5.41) is 10.1. The van der Waals surface area contributed by atoms with Crippen LogP contribution >= 0.6 is 0 Å². The second-order valence-electron chi connectivity index (χ2n) is 11.3. The molecule has 4 atom stereocenters. The van der Waals surface area contributed by atoms with E-state index in [4.69, 9.17) is 4.74 Å². The number of carbonyl (C=O) groups is 4. The fourth-order valence-corrected chi connectivity index (χ4v) is 7.18. The first-order valence-electron chi connectivity index (χ1n) is 13.6. The normalized spacial score (nSPS) is 27.2. The molecule has 7 rings (SSSR count). The summed E-state index contributed by atoms with van der Waals surface area (Å²) in [6, 6.07) is 14.3. The highest BCUT2D eigenvalue weighted by Crippen LogP contribution is 2.54. The molecule has 4 unspecified atom stereocenters. The zero-order chi connectivity index (χ0) is 27.7. The van der Waals surface area contributed by atoms with Gasteiger partial charge in [-0.3, -0.25) is 24.1 Å². The molecule has 200 valence electrons. The first-order valence-corrected chi connectivity index (χ1v) is 13.6. The fourth-order valence-electron chi connectivity index (χ4n) is 7.18. The number of ether oxygens (including phenoxy) is 1. The molecule has 0 radical (unpaired) electrons. The van der Waals surface area contributed by atoms with E-state index < -0.39 is 17.8 Å². The summed E-state index contributed by atoms with van der Waals surface area (Å²) >= 11 is 0. The highest BCUT2D eigenvalue weighted by Gasteiger charge is 2.56. The third-order valence-corrected chi connectivity index (χ3v) is 8.98. The third kappa shape index (κ3) is 3.64. The maximum atomic E-state index is 13.9. The van der Waals surface area contributed by atoms with E-state index in [1.54, 1.807) is 31.4 Å². The monoisotopic (exact) mass is 533 g/mol. The molecule has 5 aliphatic rings. The molecular weight excluding hydrogens is 506 g/mol. The lowest BCUT2D eigenvalue weighted by molar-refractivity contribution is -0.140. The quantitative estimate of drug-likeness (QED) is 0.357. The predicted octanol–water partition coefficient (Wildman–Crippen LogP) is 4.37. The van der Waals surface area contributed by atoms with Crippen LogP contribution in [-0.4, -0.2) is 33.4 Å². The molecule has 1 N–H and O–H groups in total. The van der Waals surface area contributed by atoms with Crippen molar-refractivity contribution < 1.29 is 29.0 Å². The molecule has 1 fully saturated rings. The number of hydrogen-bond acceptors (Lipinski definition) is 6. The molecular formula is C33H27NO6. The Bertz CT molecular complexity index is 1640. The van der Waals surface area contributed by atoms with E-state index in [2.05, 4.69) is 0 Å². The maximum Gasteiger partial charge on any atom is 0.234 e. The first-order chi connectivity index (χ1) is 19.3. The molecule has 2 aromatic carbocycles. The summed E-state index contributed by atoms with van der Waals surface area (Å²) in [6.45, 7) is 1.85. The Morgan fingerprint density at radius 2 is 1.80 bits per heavy atom. The average Bonchev–Trinajstić information content (AvgIpc) is 3.20. The van der Waals surface area contributed by atoms with Crippen LogP contribution in [0, 0.1) is 23.7 Å². The molecule has 2 heterocycles. The number of amides is 2. The minimum absolute atomic E-state index is 0.112. The number of phenolic OH excluding ortho intramolecular Hbond substituents is 1. The number of fused-ring (bicyclic) bond motifs is 4. The Hall–Kier alpha value is -4.52. The van der Waals surface area contributed by atoms with Crippen LogP contribution in [0.25, 0.3) is 0 Å². The van der Waals surface area contributed by atoms with Crippen molar-refractivity contribution in [2.75, 3.05) is 0 Å². The Morgan fingerprint density at radius 1 is 1.00 bits per heavy atom. The van der Waals surface area contributed by atoms with Crippen molar-refractivity contribution in [2.24, 2.45) is 23.7 Å². The van der Waals surface area contributed by atoms with Crippen molar-refractivity contribution in [3.05, 3.63) is 106 Å². The van der Waals surface area contributed by atoms with E-state index in [1.165, 1.54) is 11.0 Å². The number of nitrogens with zero attached hydrogens (tertiary/aromatic N) is 1. The largest absolute Gasteiger partial charge is 0.508 e. The Morgan fingerprint density at radius 3 is 2.60 bits per heavy atom. The summed E-state index contributed by atoms with van der Waals surface area (Å²) in [5.74, 6) is -2.07. The minimum atomic E-state index is -0.594. The molecule has 7 heteroatoms. The van der Waals surface area contributed by atoms with Gasteiger partial charge in [-0.15, -0.1) is 0 Å². The molecule has 2 aliphatic heterocycles. The topological polar surface area (TPSA) is 101 Å². The van der Waals surface area contributed by atoms with Gasteiger partial charge in [0.25, 0.3) is 0 Å². The molecule has 1 saturated heterocycles. The number of carbonyl (C=O) groups excluding carboxylic acids is 4. The van der Waals surface area contributed by atoms with Gasteiger partial charge in [0.1, 0.15) is 11.5 Å². The van der Waals surface area contributed by atoms with E-state index in [9.17, 15) is 24.3 Å². The molecule has 2 amide bonds. The van der Waals surface area contributed by atoms with Crippen LogP contribution in [0.1, 0.15) is 30.9 Å². The number of likely N-dealkylation sites (tertiary alicyclic amines) is 1. The number of benzene rings is 2. The van der Waals surface area contributed by atoms with Gasteiger partial charge in [0.05, 0.1) is 24.6 Å². The number of allylic oxidation sites excluding steroid dienone is 7. The van der Waals surface area contributed by atoms with Gasteiger partial charge in [-0.1, -0.05) is 42.0 Å². The molecule has 7 nitrogen and oxygen atoms in total. The standard InChI is InChI=1S/C33H27NO6/c1-17-11-26(36)30-25(31(17)37)14-24-22(28(30)20-12-19-13-21(35)7-10-27(19)40-16-20)8-9-23-29(24)33(39)34(32(23)38)15-18-5-3-2-4-6-18/h2-8,10-11,13,16,23-24,28-29,35H,9,12,14-15H2,1H3. The number of aromatic hydroxyl groups is 1. The lowest BCUT2D eigenvalue weighted by atomic mass is 9.58. The lowest BCUT2D eigenvalue weighted by Gasteiger charge is -2.43. The zero-order valence-electron chi connectivity index (χ0n) is 21.9. The van der Waals surface area contributed by atoms with E-state index in [0.717, 1.165) is 22.3 Å². The molecule has 3 aliphatic carbocycles. The van der Waals surface area contributed by atoms with Crippen LogP contribution < -0.4 is 4.74 Å². The summed E-state index contributed by atoms with van der Waals surface area (Å²) in [5.41, 5.74) is 4.59. The predicted molar refractivity (Wildman–Crippen MR) is 145 cm³/mol. The number of phenols is 1. The number of rotatable bonds is 3. The van der Waals surface area contributed by atoms with Gasteiger partial charge < -0.3 is 9.84 Å². The Labute approximate surface area is 231 Å². The summed E-state index contributed by atoms with van der Waals surface area (Å²) in [4.78, 5) is 55.7. The van der Waals surface area contributed by atoms with Crippen molar-refractivity contribution in [2.45, 2.75) is 32.7 Å². The maximum absolute atomic E-state index is 13.9. The second kappa shape index (κ2) is 9.01. The molecule has 0 saturated carbocycles. The van der Waals surface area contributed by atoms with E-state index in [-0.39, 0.29) is 48.0 Å². The van der Waals surface area contributed by atoms with Crippen LogP contribution in [0.5, 0.6) is 11.5 Å². The zero-order valence-corrected chi connectivity index (χ0v) is 21.9. The third-order valence-electron chi connectivity index (χ3n) is 8.98. The summed E-state index contributed by atoms with van der Waals surface area (Å²) in [7, 11) is 0. The number of hydrogen-bond donors (Lipinski definition) is 1. The molecule has 0 bridgehead atoms. The van der Waals surface area contributed by atoms with Crippen molar-refractivity contribution in [3.63, 3.8) is 0 Å². The number of ketones is 2. The average molecular weight is 534 g/mol. The highest BCUT2D eigenvalue weighted by molar-refractivity contribution is 6.23. The smallest absolute Gasteiger partial charge is 0.234 e. The molecule has 0 spiro atoms.